The Kier molecular flexibility index (Phi) is 3.32. The van der Waals surface area contributed by atoms with Crippen LogP contribution >= 0.6 is 0 Å². The fourth-order valence-electron chi connectivity index (χ4n) is 1.73. The molecule has 2 rings (SSSR count). The van der Waals surface area contributed by atoms with Crippen molar-refractivity contribution < 1.29 is 14.4 Å². The fraction of sp³-hybridized carbons (Fsp3) is 0.364. The van der Waals surface area contributed by atoms with E-state index in [0.29, 0.717) is 31.6 Å². The highest BCUT2D eigenvalue weighted by Gasteiger charge is 2.21. The van der Waals surface area contributed by atoms with Crippen molar-refractivity contribution in [2.45, 2.75) is 12.8 Å². The summed E-state index contributed by atoms with van der Waals surface area (Å²) in [7, 11) is 0. The molecule has 1 aliphatic heterocycles. The van der Waals surface area contributed by atoms with E-state index in [4.69, 9.17) is 5.21 Å². The monoisotopic (exact) mass is 237 g/mol. The first kappa shape index (κ1) is 11.5. The molecule has 90 valence electrons. The summed E-state index contributed by atoms with van der Waals surface area (Å²) in [5.41, 5.74) is 0.928. The maximum atomic E-state index is 12.7. The second kappa shape index (κ2) is 4.90. The number of carbonyl (C=O) groups excluding carboxylic acids is 1. The second-order valence-electron chi connectivity index (χ2n) is 3.82. The van der Waals surface area contributed by atoms with Gasteiger partial charge in [0.2, 0.25) is 0 Å². The molecule has 0 bridgehead atoms. The molecule has 5 nitrogen and oxygen atoms in total. The second-order valence-corrected chi connectivity index (χ2v) is 3.82. The molecule has 1 saturated heterocycles. The van der Waals surface area contributed by atoms with Gasteiger partial charge >= 0.3 is 0 Å². The quantitative estimate of drug-likeness (QED) is 0.591. The normalized spacial score (nSPS) is 15.8. The average Bonchev–Trinajstić information content (AvgIpc) is 2.39. The summed E-state index contributed by atoms with van der Waals surface area (Å²) in [5.74, 6) is -0.683. The number of carbonyl (C=O) groups is 1. The van der Waals surface area contributed by atoms with Gasteiger partial charge in [-0.05, 0) is 12.1 Å². The van der Waals surface area contributed by atoms with Crippen LogP contribution in [0.3, 0.4) is 0 Å². The van der Waals surface area contributed by atoms with Gasteiger partial charge in [-0.15, -0.1) is 0 Å². The zero-order valence-corrected chi connectivity index (χ0v) is 9.14. The Bertz CT molecular complexity index is 435. The van der Waals surface area contributed by atoms with Gasteiger partial charge in [-0.25, -0.2) is 9.37 Å². The Morgan fingerprint density at radius 3 is 2.65 bits per heavy atom. The Balaban J connectivity index is 2.04. The summed E-state index contributed by atoms with van der Waals surface area (Å²) < 4.78 is 12.7. The van der Waals surface area contributed by atoms with Crippen molar-refractivity contribution in [3.05, 3.63) is 29.8 Å². The minimum absolute atomic E-state index is 0.220. The summed E-state index contributed by atoms with van der Waals surface area (Å²) in [6.07, 6.45) is 2.14. The van der Waals surface area contributed by atoms with Crippen molar-refractivity contribution in [1.29, 1.82) is 0 Å². The molecule has 0 aliphatic carbocycles. The smallest absolute Gasteiger partial charge is 0.272 e. The lowest BCUT2D eigenvalue weighted by Gasteiger charge is -2.26. The lowest BCUT2D eigenvalue weighted by Crippen LogP contribution is -2.39. The number of halogens is 1. The number of likely N-dealkylation sites (tertiary alicyclic amines) is 1. The van der Waals surface area contributed by atoms with Crippen molar-refractivity contribution in [2.75, 3.05) is 13.1 Å². The minimum Gasteiger partial charge on any atom is -0.411 e. The molecule has 2 heterocycles. The molecule has 1 N–H and O–H groups in total. The highest BCUT2D eigenvalue weighted by Crippen LogP contribution is 2.11. The van der Waals surface area contributed by atoms with Crippen LogP contribution in [0.4, 0.5) is 4.39 Å². The van der Waals surface area contributed by atoms with Gasteiger partial charge < -0.3 is 10.1 Å². The Labute approximate surface area is 97.6 Å². The van der Waals surface area contributed by atoms with Crippen LogP contribution in [0.2, 0.25) is 0 Å². The van der Waals surface area contributed by atoms with Crippen LogP contribution in [0, 0.1) is 5.82 Å². The van der Waals surface area contributed by atoms with E-state index in [1.54, 1.807) is 4.90 Å². The number of piperidine rings is 1. The molecule has 1 fully saturated rings. The minimum atomic E-state index is -0.463. The maximum Gasteiger partial charge on any atom is 0.272 e. The maximum absolute atomic E-state index is 12.7. The summed E-state index contributed by atoms with van der Waals surface area (Å²) in [4.78, 5) is 17.3. The number of amides is 1. The van der Waals surface area contributed by atoms with Crippen molar-refractivity contribution in [3.8, 4) is 0 Å². The number of hydrogen-bond acceptors (Lipinski definition) is 4. The van der Waals surface area contributed by atoms with E-state index < -0.39 is 5.82 Å². The summed E-state index contributed by atoms with van der Waals surface area (Å²) in [6.45, 7) is 0.995. The molecule has 17 heavy (non-hydrogen) atoms. The van der Waals surface area contributed by atoms with Gasteiger partial charge in [-0.1, -0.05) is 5.16 Å². The Morgan fingerprint density at radius 2 is 2.12 bits per heavy atom. The standard InChI is InChI=1S/C11H12FN3O2/c12-8-1-2-10(13-7-8)11(16)15-5-3-9(14-17)4-6-15/h1-2,7,17H,3-6H2. The fourth-order valence-corrected chi connectivity index (χ4v) is 1.73. The van der Waals surface area contributed by atoms with E-state index in [2.05, 4.69) is 10.1 Å². The van der Waals surface area contributed by atoms with E-state index in [9.17, 15) is 9.18 Å². The molecule has 0 unspecified atom stereocenters. The van der Waals surface area contributed by atoms with Gasteiger partial charge in [0.15, 0.2) is 0 Å². The Hall–Kier alpha value is -1.98. The molecule has 1 amide bonds. The number of rotatable bonds is 1. The molecule has 0 atom stereocenters. The van der Waals surface area contributed by atoms with Crippen molar-refractivity contribution in [3.63, 3.8) is 0 Å². The highest BCUT2D eigenvalue weighted by molar-refractivity contribution is 5.94. The summed E-state index contributed by atoms with van der Waals surface area (Å²) >= 11 is 0. The predicted molar refractivity (Wildman–Crippen MR) is 58.6 cm³/mol. The van der Waals surface area contributed by atoms with E-state index in [1.807, 2.05) is 0 Å². The van der Waals surface area contributed by atoms with Gasteiger partial charge in [0, 0.05) is 25.9 Å². The van der Waals surface area contributed by atoms with Crippen LogP contribution < -0.4 is 0 Å². The molecule has 0 spiro atoms. The number of nitrogens with zero attached hydrogens (tertiary/aromatic N) is 3. The average molecular weight is 237 g/mol. The molecule has 6 heteroatoms. The Morgan fingerprint density at radius 1 is 1.41 bits per heavy atom. The number of pyridine rings is 1. The number of hydrogen-bond donors (Lipinski definition) is 1. The predicted octanol–water partition coefficient (Wildman–Crippen LogP) is 1.29. The molecular weight excluding hydrogens is 225 g/mol. The molecule has 0 radical (unpaired) electrons. The van der Waals surface area contributed by atoms with Gasteiger partial charge in [-0.3, -0.25) is 4.79 Å². The van der Waals surface area contributed by atoms with Crippen LogP contribution in [0.5, 0.6) is 0 Å². The number of oxime groups is 1. The van der Waals surface area contributed by atoms with Crippen LogP contribution in [-0.4, -0.2) is 39.8 Å². The van der Waals surface area contributed by atoms with Gasteiger partial charge in [0.1, 0.15) is 11.5 Å². The van der Waals surface area contributed by atoms with Crippen LogP contribution in [0.1, 0.15) is 23.3 Å². The van der Waals surface area contributed by atoms with E-state index in [-0.39, 0.29) is 11.6 Å². The largest absolute Gasteiger partial charge is 0.411 e. The molecule has 0 aromatic carbocycles. The lowest BCUT2D eigenvalue weighted by molar-refractivity contribution is 0.0747. The van der Waals surface area contributed by atoms with Gasteiger partial charge in [0.25, 0.3) is 5.91 Å². The van der Waals surface area contributed by atoms with Crippen molar-refractivity contribution >= 4 is 11.6 Å². The van der Waals surface area contributed by atoms with Crippen LogP contribution in [-0.2, 0) is 0 Å². The number of aromatic nitrogens is 1. The SMILES string of the molecule is O=C(c1ccc(F)cn1)N1CCC(=NO)CC1. The third kappa shape index (κ3) is 2.58. The lowest BCUT2D eigenvalue weighted by atomic mass is 10.1. The first-order valence-electron chi connectivity index (χ1n) is 5.31. The first-order chi connectivity index (χ1) is 8.20. The van der Waals surface area contributed by atoms with Gasteiger partial charge in [-0.2, -0.15) is 0 Å². The molecule has 1 aromatic rings. The van der Waals surface area contributed by atoms with E-state index >= 15 is 0 Å². The van der Waals surface area contributed by atoms with Crippen molar-refractivity contribution in [1.82, 2.24) is 9.88 Å². The van der Waals surface area contributed by atoms with E-state index in [0.717, 1.165) is 6.20 Å². The first-order valence-corrected chi connectivity index (χ1v) is 5.31. The van der Waals surface area contributed by atoms with Crippen LogP contribution in [0.15, 0.2) is 23.5 Å². The molecular formula is C11H12FN3O2. The summed E-state index contributed by atoms with van der Waals surface area (Å²) in [6, 6.07) is 2.58. The topological polar surface area (TPSA) is 65.8 Å². The van der Waals surface area contributed by atoms with Gasteiger partial charge in [0.05, 0.1) is 11.9 Å². The third-order valence-corrected chi connectivity index (χ3v) is 2.72. The zero-order chi connectivity index (χ0) is 12.3. The zero-order valence-electron chi connectivity index (χ0n) is 9.14. The van der Waals surface area contributed by atoms with Crippen LogP contribution in [0.25, 0.3) is 0 Å². The third-order valence-electron chi connectivity index (χ3n) is 2.72. The van der Waals surface area contributed by atoms with E-state index in [1.165, 1.54) is 12.1 Å². The molecule has 1 aliphatic rings. The molecule has 0 saturated carbocycles. The molecule has 1 aromatic heterocycles. The van der Waals surface area contributed by atoms with Crippen molar-refractivity contribution in [2.24, 2.45) is 5.16 Å². The highest BCUT2D eigenvalue weighted by atomic mass is 19.1. The summed E-state index contributed by atoms with van der Waals surface area (Å²) in [5, 5.41) is 11.7.